The Balaban J connectivity index is 1.99. The Morgan fingerprint density at radius 3 is 2.68 bits per heavy atom. The Morgan fingerprint density at radius 1 is 1.26 bits per heavy atom. The summed E-state index contributed by atoms with van der Waals surface area (Å²) < 4.78 is 0. The second kappa shape index (κ2) is 7.49. The van der Waals surface area contributed by atoms with Crippen LogP contribution >= 0.6 is 0 Å². The first-order valence-electron chi connectivity index (χ1n) is 7.69. The van der Waals surface area contributed by atoms with Gasteiger partial charge in [-0.3, -0.25) is 4.90 Å². The van der Waals surface area contributed by atoms with Crippen molar-refractivity contribution in [3.63, 3.8) is 0 Å². The minimum absolute atomic E-state index is 0.747. The Morgan fingerprint density at radius 2 is 2.00 bits per heavy atom. The van der Waals surface area contributed by atoms with Crippen molar-refractivity contribution >= 4 is 5.82 Å². The van der Waals surface area contributed by atoms with Crippen molar-refractivity contribution in [1.82, 2.24) is 9.88 Å². The molecule has 0 spiro atoms. The molecule has 1 aromatic rings. The maximum atomic E-state index is 4.45. The lowest BCUT2D eigenvalue weighted by molar-refractivity contribution is 0.213. The van der Waals surface area contributed by atoms with Crippen molar-refractivity contribution < 1.29 is 0 Å². The molecule has 2 rings (SSSR count). The van der Waals surface area contributed by atoms with Gasteiger partial charge in [-0.05, 0) is 32.9 Å². The van der Waals surface area contributed by atoms with Crippen molar-refractivity contribution in [1.29, 1.82) is 0 Å². The third-order valence-electron chi connectivity index (χ3n) is 4.10. The molecule has 1 saturated carbocycles. The third-order valence-corrected chi connectivity index (χ3v) is 4.10. The zero-order valence-corrected chi connectivity index (χ0v) is 12.4. The van der Waals surface area contributed by atoms with E-state index in [-0.39, 0.29) is 0 Å². The van der Waals surface area contributed by atoms with Crippen LogP contribution in [0.3, 0.4) is 0 Å². The number of hydrogen-bond acceptors (Lipinski definition) is 3. The van der Waals surface area contributed by atoms with Crippen molar-refractivity contribution in [2.45, 2.75) is 58.0 Å². The van der Waals surface area contributed by atoms with Crippen molar-refractivity contribution in [3.8, 4) is 0 Å². The first kappa shape index (κ1) is 14.3. The third kappa shape index (κ3) is 4.20. The van der Waals surface area contributed by atoms with E-state index in [9.17, 15) is 0 Å². The van der Waals surface area contributed by atoms with Gasteiger partial charge < -0.3 is 5.32 Å². The fourth-order valence-electron chi connectivity index (χ4n) is 2.99. The molecule has 0 bridgehead atoms. The molecule has 106 valence electrons. The lowest BCUT2D eigenvalue weighted by Crippen LogP contribution is -2.31. The van der Waals surface area contributed by atoms with Crippen LogP contribution in [-0.4, -0.2) is 29.5 Å². The molecule has 19 heavy (non-hydrogen) atoms. The summed E-state index contributed by atoms with van der Waals surface area (Å²) in [6, 6.07) is 4.98. The number of pyridine rings is 1. The average Bonchev–Trinajstić information content (AvgIpc) is 2.70. The van der Waals surface area contributed by atoms with E-state index in [4.69, 9.17) is 0 Å². The Hall–Kier alpha value is -1.09. The summed E-state index contributed by atoms with van der Waals surface area (Å²) in [5.74, 6) is 1.05. The van der Waals surface area contributed by atoms with Crippen LogP contribution in [0.2, 0.25) is 0 Å². The highest BCUT2D eigenvalue weighted by Crippen LogP contribution is 2.23. The SMILES string of the molecule is CCNc1ncccc1CN(C)C1CCCCCC1. The van der Waals surface area contributed by atoms with Crippen molar-refractivity contribution in [2.75, 3.05) is 18.9 Å². The van der Waals surface area contributed by atoms with Gasteiger partial charge in [-0.1, -0.05) is 31.7 Å². The molecule has 3 heteroatoms. The average molecular weight is 261 g/mol. The number of nitrogens with zero attached hydrogens (tertiary/aromatic N) is 2. The molecular weight excluding hydrogens is 234 g/mol. The molecule has 0 aromatic carbocycles. The molecule has 1 heterocycles. The molecule has 0 radical (unpaired) electrons. The molecule has 0 amide bonds. The molecule has 0 saturated heterocycles. The first-order chi connectivity index (χ1) is 9.31. The van der Waals surface area contributed by atoms with E-state index in [2.05, 4.69) is 35.2 Å². The first-order valence-corrected chi connectivity index (χ1v) is 7.69. The van der Waals surface area contributed by atoms with Gasteiger partial charge in [-0.15, -0.1) is 0 Å². The largest absolute Gasteiger partial charge is 0.370 e. The van der Waals surface area contributed by atoms with Gasteiger partial charge in [0, 0.05) is 30.9 Å². The monoisotopic (exact) mass is 261 g/mol. The van der Waals surface area contributed by atoms with Crippen LogP contribution in [0.15, 0.2) is 18.3 Å². The maximum absolute atomic E-state index is 4.45. The highest BCUT2D eigenvalue weighted by molar-refractivity contribution is 5.43. The van der Waals surface area contributed by atoms with Crippen molar-refractivity contribution in [3.05, 3.63) is 23.9 Å². The van der Waals surface area contributed by atoms with E-state index >= 15 is 0 Å². The predicted octanol–water partition coefficient (Wildman–Crippen LogP) is 3.67. The number of aromatic nitrogens is 1. The smallest absolute Gasteiger partial charge is 0.130 e. The minimum atomic E-state index is 0.747. The van der Waals surface area contributed by atoms with Gasteiger partial charge in [0.25, 0.3) is 0 Å². The normalized spacial score (nSPS) is 17.4. The number of nitrogens with one attached hydrogen (secondary N) is 1. The summed E-state index contributed by atoms with van der Waals surface area (Å²) in [5, 5.41) is 3.36. The molecular formula is C16H27N3. The second-order valence-electron chi connectivity index (χ2n) is 5.60. The molecule has 1 aliphatic carbocycles. The quantitative estimate of drug-likeness (QED) is 0.820. The fourth-order valence-corrected chi connectivity index (χ4v) is 2.99. The summed E-state index contributed by atoms with van der Waals surface area (Å²) >= 11 is 0. The van der Waals surface area contributed by atoms with E-state index in [1.165, 1.54) is 44.1 Å². The standard InChI is InChI=1S/C16H27N3/c1-3-17-16-14(9-8-12-18-16)13-19(2)15-10-6-4-5-7-11-15/h8-9,12,15H,3-7,10-11,13H2,1-2H3,(H,17,18). The topological polar surface area (TPSA) is 28.2 Å². The van der Waals surface area contributed by atoms with Crippen LogP contribution in [0.4, 0.5) is 5.82 Å². The molecule has 1 N–H and O–H groups in total. The molecule has 0 unspecified atom stereocenters. The van der Waals surface area contributed by atoms with Gasteiger partial charge in [0.15, 0.2) is 0 Å². The van der Waals surface area contributed by atoms with Gasteiger partial charge in [0.05, 0.1) is 0 Å². The summed E-state index contributed by atoms with van der Waals surface area (Å²) in [6.45, 7) is 4.05. The van der Waals surface area contributed by atoms with Crippen LogP contribution in [0.5, 0.6) is 0 Å². The van der Waals surface area contributed by atoms with Crippen LogP contribution < -0.4 is 5.32 Å². The molecule has 0 aliphatic heterocycles. The van der Waals surface area contributed by atoms with Gasteiger partial charge in [-0.2, -0.15) is 0 Å². The number of rotatable bonds is 5. The molecule has 3 nitrogen and oxygen atoms in total. The van der Waals surface area contributed by atoms with Gasteiger partial charge in [0.2, 0.25) is 0 Å². The van der Waals surface area contributed by atoms with E-state index in [0.29, 0.717) is 0 Å². The summed E-state index contributed by atoms with van der Waals surface area (Å²) in [6.07, 6.45) is 10.2. The van der Waals surface area contributed by atoms with E-state index in [0.717, 1.165) is 24.9 Å². The van der Waals surface area contributed by atoms with Crippen LogP contribution in [-0.2, 0) is 6.54 Å². The molecule has 1 aliphatic rings. The van der Waals surface area contributed by atoms with E-state index in [1.54, 1.807) is 0 Å². The van der Waals surface area contributed by atoms with E-state index < -0.39 is 0 Å². The van der Waals surface area contributed by atoms with Crippen molar-refractivity contribution in [2.24, 2.45) is 0 Å². The summed E-state index contributed by atoms with van der Waals surface area (Å²) in [7, 11) is 2.26. The van der Waals surface area contributed by atoms with Gasteiger partial charge in [0.1, 0.15) is 5.82 Å². The van der Waals surface area contributed by atoms with Crippen LogP contribution in [0, 0.1) is 0 Å². The van der Waals surface area contributed by atoms with Crippen LogP contribution in [0.25, 0.3) is 0 Å². The fraction of sp³-hybridized carbons (Fsp3) is 0.688. The second-order valence-corrected chi connectivity index (χ2v) is 5.60. The highest BCUT2D eigenvalue weighted by Gasteiger charge is 2.17. The van der Waals surface area contributed by atoms with Gasteiger partial charge >= 0.3 is 0 Å². The minimum Gasteiger partial charge on any atom is -0.370 e. The number of hydrogen-bond donors (Lipinski definition) is 1. The molecule has 1 fully saturated rings. The Kier molecular flexibility index (Phi) is 5.64. The lowest BCUT2D eigenvalue weighted by Gasteiger charge is -2.27. The summed E-state index contributed by atoms with van der Waals surface area (Å²) in [4.78, 5) is 6.96. The molecule has 0 atom stereocenters. The zero-order valence-electron chi connectivity index (χ0n) is 12.4. The lowest BCUT2D eigenvalue weighted by atomic mass is 10.1. The van der Waals surface area contributed by atoms with E-state index in [1.807, 2.05) is 12.3 Å². The molecule has 1 aromatic heterocycles. The summed E-state index contributed by atoms with van der Waals surface area (Å²) in [5.41, 5.74) is 1.32. The highest BCUT2D eigenvalue weighted by atomic mass is 15.1. The Labute approximate surface area is 117 Å². The van der Waals surface area contributed by atoms with Gasteiger partial charge in [-0.25, -0.2) is 4.98 Å². The zero-order chi connectivity index (χ0) is 13.5. The Bertz CT molecular complexity index is 370. The van der Waals surface area contributed by atoms with Crippen LogP contribution in [0.1, 0.15) is 51.0 Å². The number of anilines is 1. The maximum Gasteiger partial charge on any atom is 0.130 e. The predicted molar refractivity (Wildman–Crippen MR) is 81.4 cm³/mol.